The molecule has 0 bridgehead atoms. The molecule has 1 aliphatic rings. The molecule has 1 aliphatic heterocycles. The molecule has 4 nitrogen and oxygen atoms in total. The molecule has 0 saturated carbocycles. The van der Waals surface area contributed by atoms with Crippen LogP contribution in [0.2, 0.25) is 5.02 Å². The highest BCUT2D eigenvalue weighted by Crippen LogP contribution is 2.28. The predicted molar refractivity (Wildman–Crippen MR) is 95.0 cm³/mol. The molecule has 6 heteroatoms. The zero-order valence-electron chi connectivity index (χ0n) is 13.5. The maximum absolute atomic E-state index is 13.3. The van der Waals surface area contributed by atoms with Crippen molar-refractivity contribution in [2.75, 3.05) is 18.0 Å². The molecule has 0 spiro atoms. The summed E-state index contributed by atoms with van der Waals surface area (Å²) in [5.41, 5.74) is 1.64. The summed E-state index contributed by atoms with van der Waals surface area (Å²) < 4.78 is 13.3. The zero-order chi connectivity index (χ0) is 17.8. The Hall–Kier alpha value is -2.40. The molecule has 1 atom stereocenters. The van der Waals surface area contributed by atoms with Crippen molar-refractivity contribution in [2.45, 2.75) is 12.8 Å². The van der Waals surface area contributed by atoms with Gasteiger partial charge in [-0.05, 0) is 36.6 Å². The fraction of sp³-hybridized carbons (Fsp3) is 0.263. The lowest BCUT2D eigenvalue weighted by atomic mass is 10.1. The van der Waals surface area contributed by atoms with E-state index in [0.717, 1.165) is 5.56 Å². The number of rotatable bonds is 5. The summed E-state index contributed by atoms with van der Waals surface area (Å²) >= 11 is 5.77. The number of halogens is 2. The van der Waals surface area contributed by atoms with Crippen LogP contribution in [-0.4, -0.2) is 24.9 Å². The van der Waals surface area contributed by atoms with Crippen LogP contribution in [0.25, 0.3) is 0 Å². The molecule has 1 unspecified atom stereocenters. The first-order valence-corrected chi connectivity index (χ1v) is 8.52. The van der Waals surface area contributed by atoms with Crippen LogP contribution < -0.4 is 10.2 Å². The third-order valence-electron chi connectivity index (χ3n) is 4.29. The molecule has 0 radical (unpaired) electrons. The van der Waals surface area contributed by atoms with Crippen LogP contribution in [0.1, 0.15) is 12.0 Å². The van der Waals surface area contributed by atoms with E-state index in [0.29, 0.717) is 31.6 Å². The maximum Gasteiger partial charge on any atom is 0.239 e. The molecule has 3 rings (SSSR count). The highest BCUT2D eigenvalue weighted by Gasteiger charge is 2.37. The Morgan fingerprint density at radius 1 is 1.24 bits per heavy atom. The number of carbonyl (C=O) groups is 2. The maximum atomic E-state index is 13.3. The van der Waals surface area contributed by atoms with Gasteiger partial charge in [0.2, 0.25) is 11.8 Å². The first-order valence-electron chi connectivity index (χ1n) is 8.14. The largest absolute Gasteiger partial charge is 0.355 e. The second-order valence-electron chi connectivity index (χ2n) is 5.96. The number of nitrogens with zero attached hydrogens (tertiary/aromatic N) is 1. The average molecular weight is 361 g/mol. The minimum absolute atomic E-state index is 0.0407. The van der Waals surface area contributed by atoms with Gasteiger partial charge in [0.05, 0.1) is 5.02 Å². The molecule has 25 heavy (non-hydrogen) atoms. The van der Waals surface area contributed by atoms with Gasteiger partial charge in [0.15, 0.2) is 0 Å². The van der Waals surface area contributed by atoms with E-state index in [4.69, 9.17) is 11.6 Å². The number of anilines is 1. The molecule has 1 fully saturated rings. The molecule has 0 aromatic heterocycles. The lowest BCUT2D eigenvalue weighted by molar-refractivity contribution is -0.132. The number of nitrogens with one attached hydrogen (secondary N) is 1. The zero-order valence-corrected chi connectivity index (χ0v) is 14.3. The van der Waals surface area contributed by atoms with Crippen molar-refractivity contribution in [1.29, 1.82) is 0 Å². The van der Waals surface area contributed by atoms with Crippen molar-refractivity contribution in [1.82, 2.24) is 5.32 Å². The van der Waals surface area contributed by atoms with Gasteiger partial charge in [0, 0.05) is 18.8 Å². The second kappa shape index (κ2) is 7.66. The first-order chi connectivity index (χ1) is 12.1. The Morgan fingerprint density at radius 3 is 2.72 bits per heavy atom. The Labute approximate surface area is 150 Å². The summed E-state index contributed by atoms with van der Waals surface area (Å²) in [6.45, 7) is 0.895. The van der Waals surface area contributed by atoms with Crippen LogP contribution in [0, 0.1) is 11.7 Å². The lowest BCUT2D eigenvalue weighted by Gasteiger charge is -2.17. The van der Waals surface area contributed by atoms with Gasteiger partial charge in [-0.25, -0.2) is 4.39 Å². The molecule has 2 aromatic rings. The number of hydrogen-bond donors (Lipinski definition) is 1. The normalized spacial score (nSPS) is 17.0. The summed E-state index contributed by atoms with van der Waals surface area (Å²) in [5, 5.41) is 2.78. The van der Waals surface area contributed by atoms with Crippen molar-refractivity contribution in [3.63, 3.8) is 0 Å². The van der Waals surface area contributed by atoms with E-state index in [1.54, 1.807) is 0 Å². The third-order valence-corrected chi connectivity index (χ3v) is 4.58. The van der Waals surface area contributed by atoms with Crippen LogP contribution >= 0.6 is 11.6 Å². The Balaban J connectivity index is 1.57. The van der Waals surface area contributed by atoms with Crippen molar-refractivity contribution in [3.8, 4) is 0 Å². The van der Waals surface area contributed by atoms with E-state index in [-0.39, 0.29) is 16.8 Å². The van der Waals surface area contributed by atoms with Crippen molar-refractivity contribution in [2.24, 2.45) is 5.92 Å². The highest BCUT2D eigenvalue weighted by atomic mass is 35.5. The van der Waals surface area contributed by atoms with Gasteiger partial charge in [-0.3, -0.25) is 9.59 Å². The summed E-state index contributed by atoms with van der Waals surface area (Å²) in [5.74, 6) is -1.79. The van der Waals surface area contributed by atoms with Gasteiger partial charge < -0.3 is 10.2 Å². The van der Waals surface area contributed by atoms with Gasteiger partial charge in [-0.1, -0.05) is 41.9 Å². The third kappa shape index (κ3) is 3.99. The summed E-state index contributed by atoms with van der Waals surface area (Å²) in [4.78, 5) is 26.3. The SMILES string of the molecule is O=C(NCCc1ccccc1)C1CCN(c2ccc(F)c(Cl)c2)C1=O. The predicted octanol–water partition coefficient (Wildman–Crippen LogP) is 3.19. The van der Waals surface area contributed by atoms with Crippen molar-refractivity contribution in [3.05, 3.63) is 64.9 Å². The average Bonchev–Trinajstić information content (AvgIpc) is 3.00. The summed E-state index contributed by atoms with van der Waals surface area (Å²) in [7, 11) is 0. The number of amides is 2. The quantitative estimate of drug-likeness (QED) is 0.832. The highest BCUT2D eigenvalue weighted by molar-refractivity contribution is 6.31. The molecular formula is C19H18ClFN2O2. The molecular weight excluding hydrogens is 343 g/mol. The van der Waals surface area contributed by atoms with Crippen LogP contribution in [0.4, 0.5) is 10.1 Å². The standard InChI is InChI=1S/C19H18ClFN2O2/c20-16-12-14(6-7-17(16)21)23-11-9-15(19(23)25)18(24)22-10-8-13-4-2-1-3-5-13/h1-7,12,15H,8-11H2,(H,22,24). The van der Waals surface area contributed by atoms with E-state index in [9.17, 15) is 14.0 Å². The minimum Gasteiger partial charge on any atom is -0.355 e. The van der Waals surface area contributed by atoms with Crippen molar-refractivity contribution >= 4 is 29.1 Å². The summed E-state index contributed by atoms with van der Waals surface area (Å²) in [6.07, 6.45) is 1.15. The van der Waals surface area contributed by atoms with E-state index in [1.807, 2.05) is 30.3 Å². The Morgan fingerprint density at radius 2 is 2.00 bits per heavy atom. The smallest absolute Gasteiger partial charge is 0.239 e. The monoisotopic (exact) mass is 360 g/mol. The van der Waals surface area contributed by atoms with Gasteiger partial charge in [0.25, 0.3) is 0 Å². The molecule has 1 heterocycles. The Bertz CT molecular complexity index is 782. The molecule has 2 aromatic carbocycles. The van der Waals surface area contributed by atoms with Crippen LogP contribution in [0.3, 0.4) is 0 Å². The minimum atomic E-state index is -0.709. The van der Waals surface area contributed by atoms with Crippen LogP contribution in [0.5, 0.6) is 0 Å². The number of benzene rings is 2. The van der Waals surface area contributed by atoms with Gasteiger partial charge in [0.1, 0.15) is 11.7 Å². The molecule has 130 valence electrons. The van der Waals surface area contributed by atoms with Gasteiger partial charge >= 0.3 is 0 Å². The molecule has 0 aliphatic carbocycles. The van der Waals surface area contributed by atoms with E-state index >= 15 is 0 Å². The van der Waals surface area contributed by atoms with Crippen LogP contribution in [0.15, 0.2) is 48.5 Å². The number of carbonyl (C=O) groups excluding carboxylic acids is 2. The van der Waals surface area contributed by atoms with Crippen molar-refractivity contribution < 1.29 is 14.0 Å². The fourth-order valence-electron chi connectivity index (χ4n) is 2.93. The second-order valence-corrected chi connectivity index (χ2v) is 6.36. The lowest BCUT2D eigenvalue weighted by Crippen LogP contribution is -2.37. The molecule has 1 N–H and O–H groups in total. The van der Waals surface area contributed by atoms with E-state index in [2.05, 4.69) is 5.32 Å². The first kappa shape index (κ1) is 17.4. The molecule has 1 saturated heterocycles. The summed E-state index contributed by atoms with van der Waals surface area (Å²) in [6, 6.07) is 13.9. The van der Waals surface area contributed by atoms with Crippen LogP contribution in [-0.2, 0) is 16.0 Å². The van der Waals surface area contributed by atoms with E-state index in [1.165, 1.54) is 23.1 Å². The number of hydrogen-bond acceptors (Lipinski definition) is 2. The fourth-order valence-corrected chi connectivity index (χ4v) is 3.11. The van der Waals surface area contributed by atoms with E-state index < -0.39 is 11.7 Å². The molecule has 2 amide bonds. The topological polar surface area (TPSA) is 49.4 Å². The Kier molecular flexibility index (Phi) is 5.34. The van der Waals surface area contributed by atoms with Gasteiger partial charge in [-0.15, -0.1) is 0 Å². The van der Waals surface area contributed by atoms with Gasteiger partial charge in [-0.2, -0.15) is 0 Å².